The van der Waals surface area contributed by atoms with E-state index in [2.05, 4.69) is 10.2 Å². The number of fused-ring (bicyclic) bond motifs is 3. The largest absolute Gasteiger partial charge is 0.508 e. The van der Waals surface area contributed by atoms with Gasteiger partial charge in [0.15, 0.2) is 17.1 Å². The number of benzene rings is 2. The van der Waals surface area contributed by atoms with Crippen LogP contribution < -0.4 is 4.74 Å². The van der Waals surface area contributed by atoms with Crippen LogP contribution in [0.3, 0.4) is 0 Å². The third-order valence-corrected chi connectivity index (χ3v) is 5.88. The summed E-state index contributed by atoms with van der Waals surface area (Å²) in [4.78, 5) is 12.9. The summed E-state index contributed by atoms with van der Waals surface area (Å²) in [5.41, 5.74) is 4.75. The van der Waals surface area contributed by atoms with Crippen LogP contribution in [0.4, 0.5) is 0 Å². The molecule has 32 heavy (non-hydrogen) atoms. The summed E-state index contributed by atoms with van der Waals surface area (Å²) < 4.78 is 12.4. The summed E-state index contributed by atoms with van der Waals surface area (Å²) in [5, 5.41) is 23.8. The molecule has 0 bridgehead atoms. The zero-order valence-corrected chi connectivity index (χ0v) is 17.8. The van der Waals surface area contributed by atoms with E-state index < -0.39 is 0 Å². The van der Waals surface area contributed by atoms with Crippen molar-refractivity contribution in [2.45, 2.75) is 25.4 Å². The average molecular weight is 430 g/mol. The second kappa shape index (κ2) is 8.05. The van der Waals surface area contributed by atoms with Crippen LogP contribution in [0.25, 0.3) is 16.8 Å². The minimum atomic E-state index is -0.164. The second-order valence-corrected chi connectivity index (χ2v) is 7.80. The van der Waals surface area contributed by atoms with Gasteiger partial charge < -0.3 is 14.6 Å². The Morgan fingerprint density at radius 2 is 1.84 bits per heavy atom. The number of hydrogen-bond acceptors (Lipinski definition) is 7. The highest BCUT2D eigenvalue weighted by molar-refractivity contribution is 5.97. The number of ketones is 1. The molecule has 0 aliphatic heterocycles. The maximum absolute atomic E-state index is 12.9. The van der Waals surface area contributed by atoms with Gasteiger partial charge in [-0.3, -0.25) is 4.79 Å². The molecule has 8 heteroatoms. The van der Waals surface area contributed by atoms with E-state index in [-0.39, 0.29) is 30.5 Å². The molecule has 0 amide bonds. The lowest BCUT2D eigenvalue weighted by Gasteiger charge is -2.23. The van der Waals surface area contributed by atoms with Crippen LogP contribution in [-0.2, 0) is 17.8 Å². The van der Waals surface area contributed by atoms with Crippen LogP contribution in [0, 0.1) is 0 Å². The number of carbonyl (C=O) groups is 1. The monoisotopic (exact) mass is 430 g/mol. The van der Waals surface area contributed by atoms with Crippen molar-refractivity contribution in [2.24, 2.45) is 0 Å². The molecule has 4 aromatic rings. The first-order valence-electron chi connectivity index (χ1n) is 10.3. The Hall–Kier alpha value is -3.78. The van der Waals surface area contributed by atoms with Gasteiger partial charge in [0.1, 0.15) is 11.5 Å². The maximum atomic E-state index is 12.9. The first-order chi connectivity index (χ1) is 15.6. The standard InChI is InChI=1S/C24H22N4O4/c1-31-13-18-22(14-7-9-16(32-2)10-8-14)24-26-25-23-19(28(24)27-18)11-15(12-21(23)30)17-5-3-4-6-20(17)29/h3-10,15,29H,11-13H2,1-2H3/t15-/m1/s1. The van der Waals surface area contributed by atoms with E-state index in [1.807, 2.05) is 36.4 Å². The highest BCUT2D eigenvalue weighted by Gasteiger charge is 2.32. The molecule has 2 aromatic heterocycles. The highest BCUT2D eigenvalue weighted by atomic mass is 16.5. The van der Waals surface area contributed by atoms with Crippen molar-refractivity contribution < 1.29 is 19.4 Å². The number of methoxy groups -OCH3 is 2. The van der Waals surface area contributed by atoms with Gasteiger partial charge in [-0.1, -0.05) is 30.3 Å². The smallest absolute Gasteiger partial charge is 0.185 e. The topological polar surface area (TPSA) is 98.8 Å². The number of phenolic OH excluding ortho intramolecular Hbond substituents is 1. The SMILES string of the molecule is COCc1nn2c3c(nnc2c1-c1ccc(OC)cc1)C(=O)C[C@H](c1ccccc1O)C3. The van der Waals surface area contributed by atoms with Gasteiger partial charge in [0.05, 0.1) is 30.7 Å². The quantitative estimate of drug-likeness (QED) is 0.517. The van der Waals surface area contributed by atoms with Gasteiger partial charge in [-0.2, -0.15) is 5.10 Å². The van der Waals surface area contributed by atoms with Gasteiger partial charge in [0.25, 0.3) is 0 Å². The molecule has 5 rings (SSSR count). The number of nitrogens with zero attached hydrogens (tertiary/aromatic N) is 4. The van der Waals surface area contributed by atoms with E-state index in [1.165, 1.54) is 0 Å². The summed E-state index contributed by atoms with van der Waals surface area (Å²) in [7, 11) is 3.23. The van der Waals surface area contributed by atoms with E-state index >= 15 is 0 Å². The van der Waals surface area contributed by atoms with Crippen molar-refractivity contribution in [3.8, 4) is 22.6 Å². The summed E-state index contributed by atoms with van der Waals surface area (Å²) in [5.74, 6) is 0.663. The van der Waals surface area contributed by atoms with Crippen LogP contribution in [-0.4, -0.2) is 44.9 Å². The van der Waals surface area contributed by atoms with E-state index in [0.29, 0.717) is 29.1 Å². The van der Waals surface area contributed by atoms with Gasteiger partial charge in [0, 0.05) is 19.4 Å². The molecule has 0 fully saturated rings. The zero-order chi connectivity index (χ0) is 22.2. The Morgan fingerprint density at radius 3 is 2.56 bits per heavy atom. The van der Waals surface area contributed by atoms with Crippen molar-refractivity contribution in [2.75, 3.05) is 14.2 Å². The molecule has 2 aromatic carbocycles. The molecule has 1 atom stereocenters. The van der Waals surface area contributed by atoms with Crippen LogP contribution in [0.1, 0.15) is 39.8 Å². The number of para-hydroxylation sites is 1. The maximum Gasteiger partial charge on any atom is 0.185 e. The number of rotatable bonds is 5. The minimum Gasteiger partial charge on any atom is -0.508 e. The molecule has 2 heterocycles. The molecule has 0 saturated carbocycles. The number of carbonyl (C=O) groups excluding carboxylic acids is 1. The average Bonchev–Trinajstić information content (AvgIpc) is 3.18. The third-order valence-electron chi connectivity index (χ3n) is 5.88. The number of ether oxygens (including phenoxy) is 2. The van der Waals surface area contributed by atoms with Crippen molar-refractivity contribution >= 4 is 11.4 Å². The Bertz CT molecular complexity index is 1310. The van der Waals surface area contributed by atoms with E-state index in [0.717, 1.165) is 22.4 Å². The molecule has 1 aliphatic rings. The van der Waals surface area contributed by atoms with Crippen LogP contribution in [0.15, 0.2) is 48.5 Å². The Morgan fingerprint density at radius 1 is 1.06 bits per heavy atom. The molecule has 1 N–H and O–H groups in total. The van der Waals surface area contributed by atoms with Gasteiger partial charge in [-0.25, -0.2) is 4.52 Å². The predicted molar refractivity (Wildman–Crippen MR) is 117 cm³/mol. The first-order valence-corrected chi connectivity index (χ1v) is 10.3. The van der Waals surface area contributed by atoms with Crippen molar-refractivity contribution in [1.29, 1.82) is 0 Å². The molecular formula is C24H22N4O4. The van der Waals surface area contributed by atoms with Crippen molar-refractivity contribution in [1.82, 2.24) is 19.8 Å². The molecule has 8 nitrogen and oxygen atoms in total. The summed E-state index contributed by atoms with van der Waals surface area (Å²) in [6, 6.07) is 14.7. The molecule has 0 saturated heterocycles. The normalized spacial score (nSPS) is 15.7. The lowest BCUT2D eigenvalue weighted by atomic mass is 9.83. The number of phenols is 1. The summed E-state index contributed by atoms with van der Waals surface area (Å²) in [6.07, 6.45) is 0.781. The Balaban J connectivity index is 1.67. The van der Waals surface area contributed by atoms with Gasteiger partial charge in [-0.15, -0.1) is 10.2 Å². The van der Waals surface area contributed by atoms with E-state index in [4.69, 9.17) is 14.6 Å². The fraction of sp³-hybridized carbons (Fsp3) is 0.250. The number of aromatic hydroxyl groups is 1. The Kier molecular flexibility index (Phi) is 5.07. The number of aromatic nitrogens is 4. The van der Waals surface area contributed by atoms with Crippen LogP contribution >= 0.6 is 0 Å². The second-order valence-electron chi connectivity index (χ2n) is 7.80. The van der Waals surface area contributed by atoms with Crippen LogP contribution in [0.5, 0.6) is 11.5 Å². The minimum absolute atomic E-state index is 0.108. The lowest BCUT2D eigenvalue weighted by Crippen LogP contribution is -2.24. The molecule has 162 valence electrons. The van der Waals surface area contributed by atoms with E-state index in [1.54, 1.807) is 30.9 Å². The Labute approximate surface area is 184 Å². The molecular weight excluding hydrogens is 408 g/mol. The van der Waals surface area contributed by atoms with Crippen molar-refractivity contribution in [3.05, 3.63) is 71.2 Å². The summed E-state index contributed by atoms with van der Waals surface area (Å²) >= 11 is 0. The van der Waals surface area contributed by atoms with E-state index in [9.17, 15) is 9.90 Å². The highest BCUT2D eigenvalue weighted by Crippen LogP contribution is 2.37. The first kappa shape index (κ1) is 20.1. The lowest BCUT2D eigenvalue weighted by molar-refractivity contribution is 0.0955. The van der Waals surface area contributed by atoms with Gasteiger partial charge in [0.2, 0.25) is 0 Å². The zero-order valence-electron chi connectivity index (χ0n) is 17.8. The molecule has 0 radical (unpaired) electrons. The van der Waals surface area contributed by atoms with Gasteiger partial charge >= 0.3 is 0 Å². The predicted octanol–water partition coefficient (Wildman–Crippen LogP) is 3.56. The fourth-order valence-electron chi connectivity index (χ4n) is 4.36. The number of Topliss-reactive ketones (excluding diaryl/α,β-unsaturated/α-hetero) is 1. The van der Waals surface area contributed by atoms with Crippen LogP contribution in [0.2, 0.25) is 0 Å². The van der Waals surface area contributed by atoms with Crippen molar-refractivity contribution in [3.63, 3.8) is 0 Å². The molecule has 0 unspecified atom stereocenters. The third kappa shape index (κ3) is 3.29. The fourth-order valence-corrected chi connectivity index (χ4v) is 4.36. The molecule has 0 spiro atoms. The number of hydrogen-bond donors (Lipinski definition) is 1. The molecule has 1 aliphatic carbocycles. The van der Waals surface area contributed by atoms with Gasteiger partial charge in [-0.05, 0) is 35.7 Å². The summed E-state index contributed by atoms with van der Waals surface area (Å²) in [6.45, 7) is 0.288.